The van der Waals surface area contributed by atoms with E-state index in [9.17, 15) is 9.59 Å². The van der Waals surface area contributed by atoms with Gasteiger partial charge in [0.25, 0.3) is 0 Å². The second-order valence-corrected chi connectivity index (χ2v) is 8.25. The van der Waals surface area contributed by atoms with Crippen LogP contribution in [0, 0.1) is 0 Å². The van der Waals surface area contributed by atoms with Crippen molar-refractivity contribution >= 4 is 11.8 Å². The van der Waals surface area contributed by atoms with Crippen LogP contribution in [0.5, 0.6) is 0 Å². The van der Waals surface area contributed by atoms with Crippen molar-refractivity contribution in [3.63, 3.8) is 0 Å². The SMILES string of the molecule is CCC(C(=O)NC1CCCCC1)N(CCc1ccccc1)C(=O)Cc1ccccc1. The van der Waals surface area contributed by atoms with Gasteiger partial charge in [0.15, 0.2) is 0 Å². The van der Waals surface area contributed by atoms with Crippen LogP contribution in [0.3, 0.4) is 0 Å². The molecular formula is C26H34N2O2. The molecule has 0 spiro atoms. The fourth-order valence-corrected chi connectivity index (χ4v) is 4.31. The van der Waals surface area contributed by atoms with Gasteiger partial charge in [-0.1, -0.05) is 86.8 Å². The van der Waals surface area contributed by atoms with Gasteiger partial charge in [0.1, 0.15) is 6.04 Å². The molecule has 0 aromatic heterocycles. The summed E-state index contributed by atoms with van der Waals surface area (Å²) in [6, 6.07) is 19.8. The Kier molecular flexibility index (Phi) is 8.49. The monoisotopic (exact) mass is 406 g/mol. The normalized spacial score (nSPS) is 15.4. The zero-order chi connectivity index (χ0) is 21.2. The molecule has 1 aliphatic carbocycles. The molecule has 160 valence electrons. The first-order valence-electron chi connectivity index (χ1n) is 11.3. The molecule has 1 N–H and O–H groups in total. The molecule has 2 aromatic rings. The smallest absolute Gasteiger partial charge is 0.243 e. The number of carbonyl (C=O) groups excluding carboxylic acids is 2. The van der Waals surface area contributed by atoms with Gasteiger partial charge < -0.3 is 10.2 Å². The molecule has 3 rings (SSSR count). The molecule has 30 heavy (non-hydrogen) atoms. The Labute approximate surface area is 180 Å². The molecule has 0 aliphatic heterocycles. The molecule has 4 heteroatoms. The second kappa shape index (κ2) is 11.5. The average Bonchev–Trinajstić information content (AvgIpc) is 2.78. The summed E-state index contributed by atoms with van der Waals surface area (Å²) in [6.07, 6.45) is 7.38. The van der Waals surface area contributed by atoms with Crippen molar-refractivity contribution in [2.75, 3.05) is 6.54 Å². The molecule has 0 heterocycles. The van der Waals surface area contributed by atoms with Gasteiger partial charge in [-0.25, -0.2) is 0 Å². The summed E-state index contributed by atoms with van der Waals surface area (Å²) in [7, 11) is 0. The van der Waals surface area contributed by atoms with Gasteiger partial charge in [-0.3, -0.25) is 9.59 Å². The maximum Gasteiger partial charge on any atom is 0.243 e. The zero-order valence-corrected chi connectivity index (χ0v) is 18.1. The first kappa shape index (κ1) is 22.1. The Bertz CT molecular complexity index is 785. The molecule has 1 fully saturated rings. The summed E-state index contributed by atoms with van der Waals surface area (Å²) in [4.78, 5) is 28.2. The predicted molar refractivity (Wildman–Crippen MR) is 121 cm³/mol. The molecule has 4 nitrogen and oxygen atoms in total. The van der Waals surface area contributed by atoms with Crippen LogP contribution >= 0.6 is 0 Å². The van der Waals surface area contributed by atoms with E-state index in [0.29, 0.717) is 19.4 Å². The van der Waals surface area contributed by atoms with Crippen molar-refractivity contribution in [1.29, 1.82) is 0 Å². The predicted octanol–water partition coefficient (Wildman–Crippen LogP) is 4.53. The number of rotatable bonds is 9. The number of hydrogen-bond acceptors (Lipinski definition) is 2. The third-order valence-electron chi connectivity index (χ3n) is 6.02. The Morgan fingerprint density at radius 3 is 2.13 bits per heavy atom. The van der Waals surface area contributed by atoms with E-state index in [1.54, 1.807) is 4.90 Å². The van der Waals surface area contributed by atoms with Gasteiger partial charge in [0, 0.05) is 12.6 Å². The second-order valence-electron chi connectivity index (χ2n) is 8.25. The van der Waals surface area contributed by atoms with Crippen molar-refractivity contribution in [2.45, 2.75) is 70.4 Å². The van der Waals surface area contributed by atoms with Crippen LogP contribution in [0.4, 0.5) is 0 Å². The molecule has 1 atom stereocenters. The standard InChI is InChI=1S/C26H34N2O2/c1-2-24(26(30)27-23-16-10-5-11-17-23)28(19-18-21-12-6-3-7-13-21)25(29)20-22-14-8-4-9-15-22/h3-4,6-9,12-15,23-24H,2,5,10-11,16-20H2,1H3,(H,27,30). The van der Waals surface area contributed by atoms with Crippen LogP contribution in [-0.4, -0.2) is 35.3 Å². The highest BCUT2D eigenvalue weighted by molar-refractivity contribution is 5.88. The fraction of sp³-hybridized carbons (Fsp3) is 0.462. The molecule has 1 unspecified atom stereocenters. The van der Waals surface area contributed by atoms with E-state index in [-0.39, 0.29) is 17.9 Å². The molecule has 2 aromatic carbocycles. The third kappa shape index (κ3) is 6.45. The molecule has 1 saturated carbocycles. The number of hydrogen-bond donors (Lipinski definition) is 1. The minimum atomic E-state index is -0.424. The number of nitrogens with zero attached hydrogens (tertiary/aromatic N) is 1. The van der Waals surface area contributed by atoms with Crippen LogP contribution in [-0.2, 0) is 22.4 Å². The summed E-state index contributed by atoms with van der Waals surface area (Å²) in [6.45, 7) is 2.54. The summed E-state index contributed by atoms with van der Waals surface area (Å²) < 4.78 is 0. The number of carbonyl (C=O) groups is 2. The van der Waals surface area contributed by atoms with Gasteiger partial charge in [-0.15, -0.1) is 0 Å². The molecule has 0 bridgehead atoms. The highest BCUT2D eigenvalue weighted by Gasteiger charge is 2.29. The Balaban J connectivity index is 1.72. The van der Waals surface area contributed by atoms with Crippen molar-refractivity contribution < 1.29 is 9.59 Å². The van der Waals surface area contributed by atoms with Crippen LogP contribution in [0.2, 0.25) is 0 Å². The van der Waals surface area contributed by atoms with E-state index < -0.39 is 6.04 Å². The van der Waals surface area contributed by atoms with E-state index in [0.717, 1.165) is 24.8 Å². The molecule has 0 saturated heterocycles. The number of benzene rings is 2. The van der Waals surface area contributed by atoms with Gasteiger partial charge >= 0.3 is 0 Å². The maximum atomic E-state index is 13.3. The minimum Gasteiger partial charge on any atom is -0.352 e. The van der Waals surface area contributed by atoms with E-state index in [2.05, 4.69) is 17.4 Å². The van der Waals surface area contributed by atoms with Crippen molar-refractivity contribution in [3.05, 3.63) is 71.8 Å². The zero-order valence-electron chi connectivity index (χ0n) is 18.1. The third-order valence-corrected chi connectivity index (χ3v) is 6.02. The largest absolute Gasteiger partial charge is 0.352 e. The van der Waals surface area contributed by atoms with Crippen molar-refractivity contribution in [1.82, 2.24) is 10.2 Å². The Hall–Kier alpha value is -2.62. The van der Waals surface area contributed by atoms with Crippen LogP contribution in [0.1, 0.15) is 56.6 Å². The lowest BCUT2D eigenvalue weighted by Crippen LogP contribution is -2.52. The van der Waals surface area contributed by atoms with E-state index in [1.165, 1.54) is 24.8 Å². The first-order valence-corrected chi connectivity index (χ1v) is 11.3. The Morgan fingerprint density at radius 2 is 1.53 bits per heavy atom. The van der Waals surface area contributed by atoms with E-state index in [1.807, 2.05) is 55.5 Å². The summed E-state index contributed by atoms with van der Waals surface area (Å²) >= 11 is 0. The lowest BCUT2D eigenvalue weighted by Gasteiger charge is -2.33. The van der Waals surface area contributed by atoms with Gasteiger partial charge in [0.2, 0.25) is 11.8 Å². The quantitative estimate of drug-likeness (QED) is 0.665. The molecule has 0 radical (unpaired) electrons. The van der Waals surface area contributed by atoms with Gasteiger partial charge in [-0.2, -0.15) is 0 Å². The Morgan fingerprint density at radius 1 is 0.933 bits per heavy atom. The number of nitrogens with one attached hydrogen (secondary N) is 1. The fourth-order valence-electron chi connectivity index (χ4n) is 4.31. The highest BCUT2D eigenvalue weighted by Crippen LogP contribution is 2.19. The van der Waals surface area contributed by atoms with Crippen molar-refractivity contribution in [2.24, 2.45) is 0 Å². The average molecular weight is 407 g/mol. The molecule has 2 amide bonds. The highest BCUT2D eigenvalue weighted by atomic mass is 16.2. The topological polar surface area (TPSA) is 49.4 Å². The van der Waals surface area contributed by atoms with E-state index in [4.69, 9.17) is 0 Å². The van der Waals surface area contributed by atoms with Crippen LogP contribution in [0.25, 0.3) is 0 Å². The summed E-state index contributed by atoms with van der Waals surface area (Å²) in [5.41, 5.74) is 2.16. The minimum absolute atomic E-state index is 0.00104. The lowest BCUT2D eigenvalue weighted by molar-refractivity contribution is -0.140. The van der Waals surface area contributed by atoms with Gasteiger partial charge in [0.05, 0.1) is 6.42 Å². The van der Waals surface area contributed by atoms with Gasteiger partial charge in [-0.05, 0) is 36.8 Å². The van der Waals surface area contributed by atoms with Crippen molar-refractivity contribution in [3.8, 4) is 0 Å². The summed E-state index contributed by atoms with van der Waals surface area (Å²) in [5.74, 6) is 0.0154. The van der Waals surface area contributed by atoms with Crippen LogP contribution < -0.4 is 5.32 Å². The van der Waals surface area contributed by atoms with Crippen LogP contribution in [0.15, 0.2) is 60.7 Å². The summed E-state index contributed by atoms with van der Waals surface area (Å²) in [5, 5.41) is 3.23. The van der Waals surface area contributed by atoms with E-state index >= 15 is 0 Å². The maximum absolute atomic E-state index is 13.3. The first-order chi connectivity index (χ1) is 14.7. The molecular weight excluding hydrogens is 372 g/mol. The lowest BCUT2D eigenvalue weighted by atomic mass is 9.95. The molecule has 1 aliphatic rings. The number of amides is 2.